The first-order valence-corrected chi connectivity index (χ1v) is 8.84. The molecule has 1 aromatic rings. The van der Waals surface area contributed by atoms with Gasteiger partial charge in [0.2, 0.25) is 10.0 Å². The molecule has 0 atom stereocenters. The first-order chi connectivity index (χ1) is 9.55. The summed E-state index contributed by atoms with van der Waals surface area (Å²) in [4.78, 5) is 0. The molecule has 2 rings (SSSR count). The molecule has 1 heterocycles. The summed E-state index contributed by atoms with van der Waals surface area (Å²) in [5, 5.41) is 0. The van der Waals surface area contributed by atoms with Gasteiger partial charge in [0.05, 0.1) is 11.9 Å². The fraction of sp³-hybridized carbons (Fsp3) is 0.571. The maximum atomic E-state index is 12.4. The van der Waals surface area contributed by atoms with E-state index in [2.05, 4.69) is 0 Å². The van der Waals surface area contributed by atoms with E-state index in [1.807, 2.05) is 24.3 Å². The third-order valence-electron chi connectivity index (χ3n) is 3.62. The van der Waals surface area contributed by atoms with Gasteiger partial charge >= 0.3 is 0 Å². The molecular formula is C14H20ClNO3S. The molecule has 1 aliphatic heterocycles. The van der Waals surface area contributed by atoms with E-state index >= 15 is 0 Å². The van der Waals surface area contributed by atoms with Gasteiger partial charge < -0.3 is 4.74 Å². The normalized spacial score (nSPS) is 18.3. The summed E-state index contributed by atoms with van der Waals surface area (Å²) in [6.45, 7) is 1.08. The number of hydrogen-bond acceptors (Lipinski definition) is 3. The lowest BCUT2D eigenvalue weighted by Gasteiger charge is -2.30. The molecule has 1 saturated heterocycles. The zero-order valence-electron chi connectivity index (χ0n) is 11.6. The highest BCUT2D eigenvalue weighted by Gasteiger charge is 2.27. The number of nitrogens with zero attached hydrogens (tertiary/aromatic N) is 1. The minimum atomic E-state index is -3.26. The van der Waals surface area contributed by atoms with Crippen molar-refractivity contribution >= 4 is 21.6 Å². The topological polar surface area (TPSA) is 46.6 Å². The summed E-state index contributed by atoms with van der Waals surface area (Å²) >= 11 is 5.78. The van der Waals surface area contributed by atoms with Gasteiger partial charge in [0, 0.05) is 26.1 Å². The molecule has 0 bridgehead atoms. The Morgan fingerprint density at radius 1 is 1.30 bits per heavy atom. The van der Waals surface area contributed by atoms with Crippen molar-refractivity contribution in [3.8, 4) is 0 Å². The van der Waals surface area contributed by atoms with Crippen LogP contribution in [0, 0.1) is 0 Å². The number of hydrogen-bond donors (Lipinski definition) is 0. The van der Waals surface area contributed by atoms with Gasteiger partial charge in [-0.3, -0.25) is 0 Å². The van der Waals surface area contributed by atoms with E-state index in [0.29, 0.717) is 19.0 Å². The standard InChI is InChI=1S/C14H20ClNO3S/c1-19-14-5-7-16(8-6-14)20(17,18)11-13-4-2-3-12(9-13)10-15/h2-4,9,14H,5-8,10-11H2,1H3. The lowest BCUT2D eigenvalue weighted by atomic mass is 10.1. The summed E-state index contributed by atoms with van der Waals surface area (Å²) in [6.07, 6.45) is 1.70. The second-order valence-corrected chi connectivity index (χ2v) is 7.28. The van der Waals surface area contributed by atoms with E-state index in [0.717, 1.165) is 24.0 Å². The van der Waals surface area contributed by atoms with Gasteiger partial charge in [-0.15, -0.1) is 11.6 Å². The van der Waals surface area contributed by atoms with Crippen LogP contribution in [0.3, 0.4) is 0 Å². The van der Waals surface area contributed by atoms with Gasteiger partial charge in [-0.2, -0.15) is 0 Å². The number of ether oxygens (including phenoxy) is 1. The van der Waals surface area contributed by atoms with Crippen LogP contribution in [0.4, 0.5) is 0 Å². The number of alkyl halides is 1. The molecule has 0 aliphatic carbocycles. The molecule has 0 spiro atoms. The van der Waals surface area contributed by atoms with Crippen molar-refractivity contribution in [3.63, 3.8) is 0 Å². The Morgan fingerprint density at radius 2 is 1.95 bits per heavy atom. The zero-order valence-corrected chi connectivity index (χ0v) is 13.2. The predicted molar refractivity (Wildman–Crippen MR) is 80.2 cm³/mol. The summed E-state index contributed by atoms with van der Waals surface area (Å²) in [5.74, 6) is 0.433. The number of sulfonamides is 1. The molecule has 20 heavy (non-hydrogen) atoms. The fourth-order valence-electron chi connectivity index (χ4n) is 2.45. The van der Waals surface area contributed by atoms with E-state index in [1.165, 1.54) is 0 Å². The van der Waals surface area contributed by atoms with Gasteiger partial charge in [0.25, 0.3) is 0 Å². The SMILES string of the molecule is COC1CCN(S(=O)(=O)Cc2cccc(CCl)c2)CC1. The number of piperidine rings is 1. The zero-order chi connectivity index (χ0) is 14.6. The van der Waals surface area contributed by atoms with Crippen molar-refractivity contribution in [2.75, 3.05) is 20.2 Å². The van der Waals surface area contributed by atoms with Crippen molar-refractivity contribution in [2.45, 2.75) is 30.6 Å². The summed E-state index contributed by atoms with van der Waals surface area (Å²) < 4.78 is 31.6. The Labute approximate surface area is 125 Å². The van der Waals surface area contributed by atoms with Crippen molar-refractivity contribution in [3.05, 3.63) is 35.4 Å². The third-order valence-corrected chi connectivity index (χ3v) is 5.78. The fourth-order valence-corrected chi connectivity index (χ4v) is 4.17. The number of benzene rings is 1. The van der Waals surface area contributed by atoms with E-state index in [4.69, 9.17) is 16.3 Å². The smallest absolute Gasteiger partial charge is 0.218 e. The quantitative estimate of drug-likeness (QED) is 0.783. The first kappa shape index (κ1) is 15.8. The van der Waals surface area contributed by atoms with E-state index in [9.17, 15) is 8.42 Å². The predicted octanol–water partition coefficient (Wildman–Crippen LogP) is 2.37. The molecular weight excluding hydrogens is 298 g/mol. The molecule has 112 valence electrons. The number of halogens is 1. The van der Waals surface area contributed by atoms with Crippen LogP contribution in [0.25, 0.3) is 0 Å². The highest BCUT2D eigenvalue weighted by molar-refractivity contribution is 7.88. The first-order valence-electron chi connectivity index (χ1n) is 6.69. The molecule has 1 aromatic carbocycles. The Bertz CT molecular complexity index is 539. The van der Waals surface area contributed by atoms with Crippen molar-refractivity contribution in [1.82, 2.24) is 4.31 Å². The van der Waals surface area contributed by atoms with Gasteiger partial charge in [-0.1, -0.05) is 24.3 Å². The van der Waals surface area contributed by atoms with Crippen molar-refractivity contribution < 1.29 is 13.2 Å². The van der Waals surface area contributed by atoms with E-state index in [-0.39, 0.29) is 11.9 Å². The Balaban J connectivity index is 2.03. The molecule has 1 aliphatic rings. The highest BCUT2D eigenvalue weighted by atomic mass is 35.5. The average molecular weight is 318 g/mol. The van der Waals surface area contributed by atoms with Crippen LogP contribution < -0.4 is 0 Å². The number of rotatable bonds is 5. The minimum absolute atomic E-state index is 0.0371. The molecule has 0 N–H and O–H groups in total. The molecule has 0 aromatic heterocycles. The molecule has 0 unspecified atom stereocenters. The van der Waals surface area contributed by atoms with Gasteiger partial charge in [-0.05, 0) is 24.0 Å². The maximum absolute atomic E-state index is 12.4. The van der Waals surface area contributed by atoms with Gasteiger partial charge in [0.15, 0.2) is 0 Å². The number of methoxy groups -OCH3 is 1. The van der Waals surface area contributed by atoms with E-state index in [1.54, 1.807) is 11.4 Å². The van der Waals surface area contributed by atoms with Crippen LogP contribution in [0.2, 0.25) is 0 Å². The summed E-state index contributed by atoms with van der Waals surface area (Å²) in [6, 6.07) is 7.43. The van der Waals surface area contributed by atoms with Crippen LogP contribution in [0.5, 0.6) is 0 Å². The van der Waals surface area contributed by atoms with Crippen LogP contribution >= 0.6 is 11.6 Å². The monoisotopic (exact) mass is 317 g/mol. The van der Waals surface area contributed by atoms with Crippen LogP contribution in [0.15, 0.2) is 24.3 Å². The molecule has 1 fully saturated rings. The lowest BCUT2D eigenvalue weighted by Crippen LogP contribution is -2.41. The van der Waals surface area contributed by atoms with Gasteiger partial charge in [-0.25, -0.2) is 12.7 Å². The Hall–Kier alpha value is -0.620. The molecule has 0 amide bonds. The second-order valence-electron chi connectivity index (χ2n) is 5.04. The van der Waals surface area contributed by atoms with Gasteiger partial charge in [0.1, 0.15) is 0 Å². The minimum Gasteiger partial charge on any atom is -0.381 e. The summed E-state index contributed by atoms with van der Waals surface area (Å²) in [5.41, 5.74) is 1.73. The molecule has 0 radical (unpaired) electrons. The van der Waals surface area contributed by atoms with Crippen molar-refractivity contribution in [1.29, 1.82) is 0 Å². The van der Waals surface area contributed by atoms with Crippen molar-refractivity contribution in [2.24, 2.45) is 0 Å². The molecule has 0 saturated carbocycles. The Kier molecular flexibility index (Phi) is 5.43. The summed E-state index contributed by atoms with van der Waals surface area (Å²) in [7, 11) is -1.59. The maximum Gasteiger partial charge on any atom is 0.218 e. The average Bonchev–Trinajstić information content (AvgIpc) is 2.47. The largest absolute Gasteiger partial charge is 0.381 e. The van der Waals surface area contributed by atoms with E-state index < -0.39 is 10.0 Å². The highest BCUT2D eigenvalue weighted by Crippen LogP contribution is 2.19. The Morgan fingerprint density at radius 3 is 2.55 bits per heavy atom. The lowest BCUT2D eigenvalue weighted by molar-refractivity contribution is 0.0604. The van der Waals surface area contributed by atoms with Crippen LogP contribution in [0.1, 0.15) is 24.0 Å². The van der Waals surface area contributed by atoms with Crippen LogP contribution in [-0.4, -0.2) is 39.0 Å². The molecule has 6 heteroatoms. The van der Waals surface area contributed by atoms with Crippen LogP contribution in [-0.2, 0) is 26.4 Å². The molecule has 4 nitrogen and oxygen atoms in total. The second kappa shape index (κ2) is 6.89. The third kappa shape index (κ3) is 3.95.